The lowest BCUT2D eigenvalue weighted by atomic mass is 10.0. The minimum Gasteiger partial charge on any atom is -0.493 e. The Balaban J connectivity index is 2.13. The lowest BCUT2D eigenvalue weighted by Gasteiger charge is -2.10. The summed E-state index contributed by atoms with van der Waals surface area (Å²) in [5.74, 6) is 0.482. The van der Waals surface area contributed by atoms with Gasteiger partial charge in [0.15, 0.2) is 0 Å². The van der Waals surface area contributed by atoms with E-state index in [9.17, 15) is 4.79 Å². The van der Waals surface area contributed by atoms with E-state index in [1.807, 2.05) is 55.5 Å². The van der Waals surface area contributed by atoms with Gasteiger partial charge < -0.3 is 4.74 Å². The molecule has 104 valence electrons. The van der Waals surface area contributed by atoms with Crippen LogP contribution in [0.4, 0.5) is 0 Å². The molecule has 3 nitrogen and oxygen atoms in total. The van der Waals surface area contributed by atoms with Crippen molar-refractivity contribution in [2.45, 2.75) is 6.92 Å². The highest BCUT2D eigenvalue weighted by Gasteiger charge is 2.17. The van der Waals surface area contributed by atoms with Crippen molar-refractivity contribution in [3.63, 3.8) is 0 Å². The van der Waals surface area contributed by atoms with Crippen molar-refractivity contribution in [2.75, 3.05) is 6.61 Å². The van der Waals surface area contributed by atoms with Crippen LogP contribution in [-0.2, 0) is 0 Å². The van der Waals surface area contributed by atoms with Gasteiger partial charge in [0, 0.05) is 11.6 Å². The molecule has 0 aliphatic heterocycles. The highest BCUT2D eigenvalue weighted by atomic mass is 16.5. The van der Waals surface area contributed by atoms with Gasteiger partial charge in [0.05, 0.1) is 12.2 Å². The zero-order chi connectivity index (χ0) is 14.7. The zero-order valence-electron chi connectivity index (χ0n) is 11.7. The second kappa shape index (κ2) is 5.75. The molecule has 0 radical (unpaired) electrons. The summed E-state index contributed by atoms with van der Waals surface area (Å²) in [5, 5.41) is 1.86. The summed E-state index contributed by atoms with van der Waals surface area (Å²) in [6, 6.07) is 16.9. The normalized spacial score (nSPS) is 10.5. The third kappa shape index (κ3) is 2.50. The van der Waals surface area contributed by atoms with E-state index in [1.165, 1.54) is 0 Å². The number of ether oxygens (including phenoxy) is 1. The van der Waals surface area contributed by atoms with Gasteiger partial charge in [0.1, 0.15) is 11.4 Å². The first-order valence-electron chi connectivity index (χ1n) is 6.91. The summed E-state index contributed by atoms with van der Waals surface area (Å²) >= 11 is 0. The van der Waals surface area contributed by atoms with Crippen LogP contribution in [0.2, 0.25) is 0 Å². The highest BCUT2D eigenvalue weighted by molar-refractivity contribution is 6.16. The standard InChI is InChI=1S/C18H15NO2/c1-2-21-16-10-6-5-9-15(16)18(20)17-14-8-4-3-7-13(14)11-12-19-17/h3-12H,2H2,1H3. The van der Waals surface area contributed by atoms with Crippen LogP contribution in [0.3, 0.4) is 0 Å². The fourth-order valence-electron chi connectivity index (χ4n) is 2.36. The minimum absolute atomic E-state index is 0.115. The van der Waals surface area contributed by atoms with Crippen LogP contribution in [0, 0.1) is 0 Å². The number of pyridine rings is 1. The zero-order valence-corrected chi connectivity index (χ0v) is 11.7. The molecular weight excluding hydrogens is 262 g/mol. The summed E-state index contributed by atoms with van der Waals surface area (Å²) in [6.07, 6.45) is 1.67. The molecule has 0 amide bonds. The Bertz CT molecular complexity index is 791. The molecule has 0 spiro atoms. The molecule has 21 heavy (non-hydrogen) atoms. The maximum Gasteiger partial charge on any atom is 0.215 e. The van der Waals surface area contributed by atoms with Gasteiger partial charge in [0.2, 0.25) is 5.78 Å². The molecule has 3 aromatic rings. The topological polar surface area (TPSA) is 39.2 Å². The third-order valence-electron chi connectivity index (χ3n) is 3.32. The number of carbonyl (C=O) groups is 1. The van der Waals surface area contributed by atoms with Crippen molar-refractivity contribution in [3.05, 3.63) is 72.1 Å². The van der Waals surface area contributed by atoms with Crippen LogP contribution >= 0.6 is 0 Å². The van der Waals surface area contributed by atoms with Crippen molar-refractivity contribution in [1.29, 1.82) is 0 Å². The summed E-state index contributed by atoms with van der Waals surface area (Å²) < 4.78 is 5.54. The first-order chi connectivity index (χ1) is 10.3. The number of para-hydroxylation sites is 1. The second-order valence-electron chi connectivity index (χ2n) is 4.64. The molecule has 3 rings (SSSR count). The fourth-order valence-corrected chi connectivity index (χ4v) is 2.36. The molecule has 0 unspecified atom stereocenters. The van der Waals surface area contributed by atoms with Gasteiger partial charge in [0.25, 0.3) is 0 Å². The largest absolute Gasteiger partial charge is 0.493 e. The molecule has 0 saturated heterocycles. The second-order valence-corrected chi connectivity index (χ2v) is 4.64. The van der Waals surface area contributed by atoms with E-state index in [0.717, 1.165) is 10.8 Å². The Morgan fingerprint density at radius 1 is 1.05 bits per heavy atom. The molecule has 1 aromatic heterocycles. The number of hydrogen-bond acceptors (Lipinski definition) is 3. The minimum atomic E-state index is -0.115. The quantitative estimate of drug-likeness (QED) is 0.680. The summed E-state index contributed by atoms with van der Waals surface area (Å²) in [7, 11) is 0. The summed E-state index contributed by atoms with van der Waals surface area (Å²) in [5.41, 5.74) is 1.00. The van der Waals surface area contributed by atoms with Crippen LogP contribution < -0.4 is 4.74 Å². The Labute approximate surface area is 123 Å². The Morgan fingerprint density at radius 2 is 1.81 bits per heavy atom. The summed E-state index contributed by atoms with van der Waals surface area (Å²) in [4.78, 5) is 17.1. The van der Waals surface area contributed by atoms with Gasteiger partial charge in [-0.2, -0.15) is 0 Å². The molecule has 0 fully saturated rings. The number of ketones is 1. The van der Waals surface area contributed by atoms with Crippen molar-refractivity contribution < 1.29 is 9.53 Å². The van der Waals surface area contributed by atoms with Crippen LogP contribution in [0.5, 0.6) is 5.75 Å². The van der Waals surface area contributed by atoms with Gasteiger partial charge in [-0.3, -0.25) is 9.78 Å². The average Bonchev–Trinajstić information content (AvgIpc) is 2.54. The molecule has 3 heteroatoms. The van der Waals surface area contributed by atoms with Crippen LogP contribution in [0.15, 0.2) is 60.8 Å². The maximum atomic E-state index is 12.8. The van der Waals surface area contributed by atoms with Gasteiger partial charge in [-0.15, -0.1) is 0 Å². The fraction of sp³-hybridized carbons (Fsp3) is 0.111. The number of benzene rings is 2. The van der Waals surface area contributed by atoms with E-state index in [4.69, 9.17) is 4.74 Å². The molecule has 0 aliphatic rings. The van der Waals surface area contributed by atoms with E-state index in [0.29, 0.717) is 23.6 Å². The molecule has 0 aliphatic carbocycles. The molecule has 0 saturated carbocycles. The van der Waals surface area contributed by atoms with Crippen molar-refractivity contribution in [3.8, 4) is 5.75 Å². The van der Waals surface area contributed by atoms with Crippen LogP contribution in [-0.4, -0.2) is 17.4 Å². The van der Waals surface area contributed by atoms with Gasteiger partial charge >= 0.3 is 0 Å². The van der Waals surface area contributed by atoms with Crippen molar-refractivity contribution in [1.82, 2.24) is 4.98 Å². The van der Waals surface area contributed by atoms with Crippen molar-refractivity contribution in [2.24, 2.45) is 0 Å². The number of rotatable bonds is 4. The van der Waals surface area contributed by atoms with Crippen LogP contribution in [0.25, 0.3) is 10.8 Å². The number of nitrogens with zero attached hydrogens (tertiary/aromatic N) is 1. The van der Waals surface area contributed by atoms with E-state index in [1.54, 1.807) is 12.3 Å². The molecule has 0 N–H and O–H groups in total. The molecule has 1 heterocycles. The Hall–Kier alpha value is -2.68. The average molecular weight is 277 g/mol. The molecule has 2 aromatic carbocycles. The Kier molecular flexibility index (Phi) is 3.65. The highest BCUT2D eigenvalue weighted by Crippen LogP contribution is 2.24. The van der Waals surface area contributed by atoms with E-state index in [-0.39, 0.29) is 5.78 Å². The lowest BCUT2D eigenvalue weighted by molar-refractivity contribution is 0.103. The summed E-state index contributed by atoms with van der Waals surface area (Å²) in [6.45, 7) is 2.42. The predicted molar refractivity (Wildman–Crippen MR) is 82.8 cm³/mol. The first-order valence-corrected chi connectivity index (χ1v) is 6.91. The van der Waals surface area contributed by atoms with Gasteiger partial charge in [-0.1, -0.05) is 36.4 Å². The third-order valence-corrected chi connectivity index (χ3v) is 3.32. The number of aromatic nitrogens is 1. The SMILES string of the molecule is CCOc1ccccc1C(=O)c1nccc2ccccc12. The number of fused-ring (bicyclic) bond motifs is 1. The number of carbonyl (C=O) groups excluding carboxylic acids is 1. The predicted octanol–water partition coefficient (Wildman–Crippen LogP) is 3.86. The van der Waals surface area contributed by atoms with E-state index in [2.05, 4.69) is 4.98 Å². The number of hydrogen-bond donors (Lipinski definition) is 0. The monoisotopic (exact) mass is 277 g/mol. The smallest absolute Gasteiger partial charge is 0.215 e. The lowest BCUT2D eigenvalue weighted by Crippen LogP contribution is -2.07. The molecule has 0 atom stereocenters. The van der Waals surface area contributed by atoms with Crippen molar-refractivity contribution >= 4 is 16.6 Å². The van der Waals surface area contributed by atoms with Gasteiger partial charge in [-0.25, -0.2) is 0 Å². The molecule has 0 bridgehead atoms. The Morgan fingerprint density at radius 3 is 2.67 bits per heavy atom. The van der Waals surface area contributed by atoms with Gasteiger partial charge in [-0.05, 0) is 30.5 Å². The first kappa shape index (κ1) is 13.3. The maximum absolute atomic E-state index is 12.8. The van der Waals surface area contributed by atoms with E-state index < -0.39 is 0 Å². The van der Waals surface area contributed by atoms with E-state index >= 15 is 0 Å². The molecular formula is C18H15NO2. The van der Waals surface area contributed by atoms with Crippen LogP contribution in [0.1, 0.15) is 23.0 Å².